The van der Waals surface area contributed by atoms with Gasteiger partial charge in [-0.15, -0.1) is 0 Å². The molecule has 0 aliphatic heterocycles. The molecule has 1 atom stereocenters. The summed E-state index contributed by atoms with van der Waals surface area (Å²) in [6.45, 7) is 2.30. The zero-order valence-electron chi connectivity index (χ0n) is 16.7. The van der Waals surface area contributed by atoms with E-state index >= 15 is 0 Å². The highest BCUT2D eigenvalue weighted by Crippen LogP contribution is 2.61. The van der Waals surface area contributed by atoms with Gasteiger partial charge in [0, 0.05) is 12.1 Å². The van der Waals surface area contributed by atoms with Gasteiger partial charge in [-0.2, -0.15) is 0 Å². The van der Waals surface area contributed by atoms with Crippen molar-refractivity contribution >= 4 is 23.0 Å². The molecule has 4 bridgehead atoms. The van der Waals surface area contributed by atoms with E-state index in [0.29, 0.717) is 16.6 Å². The number of nitrogens with one attached hydrogen (secondary N) is 2. The van der Waals surface area contributed by atoms with E-state index < -0.39 is 0 Å². The van der Waals surface area contributed by atoms with Crippen LogP contribution < -0.4 is 20.1 Å². The predicted octanol–water partition coefficient (Wildman–Crippen LogP) is 4.99. The Morgan fingerprint density at radius 1 is 1.11 bits per heavy atom. The Hall–Kier alpha value is -1.49. The van der Waals surface area contributed by atoms with Crippen LogP contribution in [0.25, 0.3) is 0 Å². The first-order valence-electron chi connectivity index (χ1n) is 10.3. The van der Waals surface area contributed by atoms with Crippen molar-refractivity contribution in [3.63, 3.8) is 0 Å². The van der Waals surface area contributed by atoms with Gasteiger partial charge in [0.2, 0.25) is 0 Å². The lowest BCUT2D eigenvalue weighted by Crippen LogP contribution is -2.57. The van der Waals surface area contributed by atoms with Crippen molar-refractivity contribution < 1.29 is 9.47 Å². The summed E-state index contributed by atoms with van der Waals surface area (Å²) in [7, 11) is 3.33. The second-order valence-electron chi connectivity index (χ2n) is 8.91. The SMILES string of the molecule is CCC(NC(=S)Nc1ccc(OC)cc1OC)C12CC3CC(CC(C3)C1)C2. The molecule has 0 radical (unpaired) electrons. The summed E-state index contributed by atoms with van der Waals surface area (Å²) < 4.78 is 10.8. The van der Waals surface area contributed by atoms with E-state index in [1.54, 1.807) is 14.2 Å². The third-order valence-corrected chi connectivity index (χ3v) is 7.42. The average molecular weight is 389 g/mol. The first-order chi connectivity index (χ1) is 13.0. The minimum absolute atomic E-state index is 0.444. The standard InChI is InChI=1S/C22H32N2O2S/c1-4-20(22-11-14-7-15(12-22)9-16(8-14)13-22)24-21(27)23-18-6-5-17(25-2)10-19(18)26-3/h5-6,10,14-16,20H,4,7-9,11-13H2,1-3H3,(H2,23,24,27). The summed E-state index contributed by atoms with van der Waals surface area (Å²) >= 11 is 5.69. The Morgan fingerprint density at radius 3 is 2.26 bits per heavy atom. The second-order valence-corrected chi connectivity index (χ2v) is 9.31. The summed E-state index contributed by atoms with van der Waals surface area (Å²) in [4.78, 5) is 0. The van der Waals surface area contributed by atoms with Crippen LogP contribution >= 0.6 is 12.2 Å². The molecular formula is C22H32N2O2S. The molecule has 0 amide bonds. The minimum Gasteiger partial charge on any atom is -0.497 e. The van der Waals surface area contributed by atoms with Gasteiger partial charge in [-0.3, -0.25) is 0 Å². The number of benzene rings is 1. The monoisotopic (exact) mass is 388 g/mol. The molecule has 4 saturated carbocycles. The average Bonchev–Trinajstić information content (AvgIpc) is 2.65. The van der Waals surface area contributed by atoms with E-state index in [9.17, 15) is 0 Å². The van der Waals surface area contributed by atoms with Crippen LogP contribution in [0.1, 0.15) is 51.9 Å². The van der Waals surface area contributed by atoms with E-state index in [0.717, 1.165) is 41.4 Å². The number of thiocarbonyl (C=S) groups is 1. The molecule has 4 aliphatic rings. The molecule has 1 aromatic rings. The molecule has 27 heavy (non-hydrogen) atoms. The van der Waals surface area contributed by atoms with E-state index in [1.165, 1.54) is 38.5 Å². The Kier molecular flexibility index (Phi) is 5.23. The van der Waals surface area contributed by atoms with Crippen molar-refractivity contribution in [2.75, 3.05) is 19.5 Å². The van der Waals surface area contributed by atoms with E-state index in [4.69, 9.17) is 21.7 Å². The topological polar surface area (TPSA) is 42.5 Å². The molecule has 4 nitrogen and oxygen atoms in total. The van der Waals surface area contributed by atoms with Crippen molar-refractivity contribution in [1.82, 2.24) is 5.32 Å². The Morgan fingerprint density at radius 2 is 1.74 bits per heavy atom. The van der Waals surface area contributed by atoms with Gasteiger partial charge < -0.3 is 20.1 Å². The molecule has 0 spiro atoms. The van der Waals surface area contributed by atoms with Crippen LogP contribution in [-0.4, -0.2) is 25.4 Å². The molecule has 0 saturated heterocycles. The van der Waals surface area contributed by atoms with Crippen LogP contribution in [0, 0.1) is 23.2 Å². The van der Waals surface area contributed by atoms with Crippen LogP contribution in [-0.2, 0) is 0 Å². The molecule has 2 N–H and O–H groups in total. The number of rotatable bonds is 6. The number of anilines is 1. The molecule has 4 aliphatic carbocycles. The summed E-state index contributed by atoms with van der Waals surface area (Å²) in [6.07, 6.45) is 9.70. The largest absolute Gasteiger partial charge is 0.497 e. The Labute approximate surface area is 168 Å². The van der Waals surface area contributed by atoms with Crippen molar-refractivity contribution in [2.45, 2.75) is 57.9 Å². The highest BCUT2D eigenvalue weighted by Gasteiger charge is 2.53. The lowest BCUT2D eigenvalue weighted by atomic mass is 9.47. The first-order valence-corrected chi connectivity index (χ1v) is 10.8. The van der Waals surface area contributed by atoms with Gasteiger partial charge in [0.15, 0.2) is 5.11 Å². The first kappa shape index (κ1) is 18.9. The highest BCUT2D eigenvalue weighted by atomic mass is 32.1. The van der Waals surface area contributed by atoms with E-state index in [2.05, 4.69) is 17.6 Å². The molecule has 1 aromatic carbocycles. The zero-order chi connectivity index (χ0) is 19.0. The second kappa shape index (κ2) is 7.50. The molecule has 4 fully saturated rings. The van der Waals surface area contributed by atoms with Crippen LogP contribution in [0.3, 0.4) is 0 Å². The number of hydrogen-bond donors (Lipinski definition) is 2. The lowest BCUT2D eigenvalue weighted by Gasteiger charge is -2.59. The number of ether oxygens (including phenoxy) is 2. The van der Waals surface area contributed by atoms with Gasteiger partial charge in [-0.25, -0.2) is 0 Å². The van der Waals surface area contributed by atoms with Crippen LogP contribution in [0.2, 0.25) is 0 Å². The van der Waals surface area contributed by atoms with Crippen LogP contribution in [0.15, 0.2) is 18.2 Å². The van der Waals surface area contributed by atoms with Gasteiger partial charge in [0.05, 0.1) is 19.9 Å². The minimum atomic E-state index is 0.444. The molecular weight excluding hydrogens is 356 g/mol. The van der Waals surface area contributed by atoms with Gasteiger partial charge in [0.25, 0.3) is 0 Å². The predicted molar refractivity (Wildman–Crippen MR) is 114 cm³/mol. The fourth-order valence-electron chi connectivity index (χ4n) is 6.51. The molecule has 5 rings (SSSR count). The third-order valence-electron chi connectivity index (χ3n) is 7.20. The maximum atomic E-state index is 5.69. The highest BCUT2D eigenvalue weighted by molar-refractivity contribution is 7.80. The molecule has 148 valence electrons. The molecule has 0 heterocycles. The summed E-state index contributed by atoms with van der Waals surface area (Å²) in [5, 5.41) is 7.73. The van der Waals surface area contributed by atoms with Gasteiger partial charge in [-0.05, 0) is 92.5 Å². The van der Waals surface area contributed by atoms with Gasteiger partial charge >= 0.3 is 0 Å². The summed E-state index contributed by atoms with van der Waals surface area (Å²) in [5.74, 6) is 4.37. The van der Waals surface area contributed by atoms with Crippen molar-refractivity contribution in [3.8, 4) is 11.5 Å². The van der Waals surface area contributed by atoms with E-state index in [1.807, 2.05) is 18.2 Å². The van der Waals surface area contributed by atoms with Gasteiger partial charge in [-0.1, -0.05) is 6.92 Å². The fourth-order valence-corrected chi connectivity index (χ4v) is 6.76. The number of methoxy groups -OCH3 is 2. The van der Waals surface area contributed by atoms with Crippen LogP contribution in [0.4, 0.5) is 5.69 Å². The van der Waals surface area contributed by atoms with Crippen molar-refractivity contribution in [2.24, 2.45) is 23.2 Å². The zero-order valence-corrected chi connectivity index (χ0v) is 17.5. The van der Waals surface area contributed by atoms with Crippen molar-refractivity contribution in [3.05, 3.63) is 18.2 Å². The van der Waals surface area contributed by atoms with Crippen LogP contribution in [0.5, 0.6) is 11.5 Å². The molecule has 5 heteroatoms. The lowest BCUT2D eigenvalue weighted by molar-refractivity contribution is -0.0709. The molecule has 1 unspecified atom stereocenters. The molecule has 0 aromatic heterocycles. The normalized spacial score (nSPS) is 32.0. The Balaban J connectivity index is 1.45. The smallest absolute Gasteiger partial charge is 0.171 e. The van der Waals surface area contributed by atoms with Gasteiger partial charge in [0.1, 0.15) is 11.5 Å². The quantitative estimate of drug-likeness (QED) is 0.673. The summed E-state index contributed by atoms with van der Waals surface area (Å²) in [5.41, 5.74) is 1.32. The maximum Gasteiger partial charge on any atom is 0.171 e. The third kappa shape index (κ3) is 3.63. The number of hydrogen-bond acceptors (Lipinski definition) is 3. The fraction of sp³-hybridized carbons (Fsp3) is 0.682. The maximum absolute atomic E-state index is 5.69. The van der Waals surface area contributed by atoms with Crippen molar-refractivity contribution in [1.29, 1.82) is 0 Å². The Bertz CT molecular complexity index is 670. The van der Waals surface area contributed by atoms with E-state index in [-0.39, 0.29) is 0 Å². The summed E-state index contributed by atoms with van der Waals surface area (Å²) in [6, 6.07) is 6.21.